The zero-order valence-electron chi connectivity index (χ0n) is 9.99. The van der Waals surface area contributed by atoms with Gasteiger partial charge in [-0.05, 0) is 40.5 Å². The largest absolute Gasteiger partial charge is 0.444 e. The smallest absolute Gasteiger partial charge is 0.410 e. The highest BCUT2D eigenvalue weighted by molar-refractivity contribution is 5.68. The Kier molecular flexibility index (Phi) is 3.60. The highest BCUT2D eigenvalue weighted by Crippen LogP contribution is 2.20. The molecule has 4 heteroatoms. The van der Waals surface area contributed by atoms with Crippen LogP contribution in [0.1, 0.15) is 40.5 Å². The maximum absolute atomic E-state index is 11.8. The lowest BCUT2D eigenvalue weighted by molar-refractivity contribution is -0.0181. The lowest BCUT2D eigenvalue weighted by Crippen LogP contribution is -2.50. The summed E-state index contributed by atoms with van der Waals surface area (Å²) in [6.45, 7) is 8.06. The van der Waals surface area contributed by atoms with Crippen LogP contribution in [0.4, 0.5) is 4.79 Å². The van der Waals surface area contributed by atoms with Gasteiger partial charge >= 0.3 is 6.09 Å². The number of nitrogens with zero attached hydrogens (tertiary/aromatic N) is 1. The molecule has 1 aliphatic heterocycles. The van der Waals surface area contributed by atoms with Crippen LogP contribution in [-0.2, 0) is 4.74 Å². The van der Waals surface area contributed by atoms with Crippen molar-refractivity contribution < 1.29 is 14.6 Å². The second-order valence-electron chi connectivity index (χ2n) is 5.12. The molecule has 1 heterocycles. The van der Waals surface area contributed by atoms with Crippen LogP contribution in [0.3, 0.4) is 0 Å². The van der Waals surface area contributed by atoms with Crippen molar-refractivity contribution in [3.8, 4) is 0 Å². The molecule has 4 nitrogen and oxygen atoms in total. The van der Waals surface area contributed by atoms with E-state index < -0.39 is 11.7 Å². The number of hydrogen-bond acceptors (Lipinski definition) is 3. The Balaban J connectivity index is 2.59. The first-order chi connectivity index (χ1) is 6.81. The summed E-state index contributed by atoms with van der Waals surface area (Å²) >= 11 is 0. The van der Waals surface area contributed by atoms with E-state index in [1.54, 1.807) is 4.90 Å². The van der Waals surface area contributed by atoms with Gasteiger partial charge in [-0.15, -0.1) is 0 Å². The molecule has 1 rings (SSSR count). The molecule has 0 spiro atoms. The van der Waals surface area contributed by atoms with Crippen molar-refractivity contribution in [1.82, 2.24) is 4.90 Å². The summed E-state index contributed by atoms with van der Waals surface area (Å²) in [6.07, 6.45) is 0.852. The maximum atomic E-state index is 11.8. The van der Waals surface area contributed by atoms with Crippen molar-refractivity contribution in [2.45, 2.75) is 58.3 Å². The highest BCUT2D eigenvalue weighted by Gasteiger charge is 2.32. The van der Waals surface area contributed by atoms with Gasteiger partial charge in [0.25, 0.3) is 0 Å². The lowest BCUT2D eigenvalue weighted by atomic mass is 10.0. The molecule has 1 N–H and O–H groups in total. The third-order valence-electron chi connectivity index (χ3n) is 2.58. The first-order valence-electron chi connectivity index (χ1n) is 5.49. The highest BCUT2D eigenvalue weighted by atomic mass is 16.6. The summed E-state index contributed by atoms with van der Waals surface area (Å²) in [4.78, 5) is 13.4. The second-order valence-corrected chi connectivity index (χ2v) is 5.12. The number of carbonyl (C=O) groups is 1. The van der Waals surface area contributed by atoms with Crippen LogP contribution in [-0.4, -0.2) is 40.4 Å². The Morgan fingerprint density at radius 3 is 2.60 bits per heavy atom. The van der Waals surface area contributed by atoms with Gasteiger partial charge in [0.2, 0.25) is 0 Å². The Morgan fingerprint density at radius 2 is 2.07 bits per heavy atom. The molecule has 0 bridgehead atoms. The van der Waals surface area contributed by atoms with Gasteiger partial charge in [0, 0.05) is 6.54 Å². The fourth-order valence-electron chi connectivity index (χ4n) is 1.70. The molecular weight excluding hydrogens is 194 g/mol. The van der Waals surface area contributed by atoms with Crippen molar-refractivity contribution in [2.24, 2.45) is 0 Å². The molecule has 0 aliphatic carbocycles. The minimum Gasteiger partial charge on any atom is -0.444 e. The summed E-state index contributed by atoms with van der Waals surface area (Å²) in [5.41, 5.74) is -0.473. The van der Waals surface area contributed by atoms with Crippen molar-refractivity contribution in [3.05, 3.63) is 0 Å². The molecule has 88 valence electrons. The maximum Gasteiger partial charge on any atom is 0.410 e. The third kappa shape index (κ3) is 3.38. The number of piperidine rings is 1. The van der Waals surface area contributed by atoms with Gasteiger partial charge in [-0.25, -0.2) is 4.79 Å². The predicted molar refractivity (Wildman–Crippen MR) is 57.6 cm³/mol. The summed E-state index contributed by atoms with van der Waals surface area (Å²) in [5, 5.41) is 9.65. The lowest BCUT2D eigenvalue weighted by Gasteiger charge is -2.37. The number of carbonyl (C=O) groups excluding carboxylic acids is 1. The van der Waals surface area contributed by atoms with Gasteiger partial charge in [-0.2, -0.15) is 0 Å². The first kappa shape index (κ1) is 12.3. The van der Waals surface area contributed by atoms with Crippen molar-refractivity contribution in [1.29, 1.82) is 0 Å². The number of aliphatic hydroxyl groups is 1. The van der Waals surface area contributed by atoms with Gasteiger partial charge in [-0.1, -0.05) is 0 Å². The van der Waals surface area contributed by atoms with Crippen LogP contribution in [0.5, 0.6) is 0 Å². The topological polar surface area (TPSA) is 49.8 Å². The standard InChI is InChI=1S/C11H21NO3/c1-8-9(13)6-5-7-12(8)10(14)15-11(2,3)4/h8-9,13H,5-7H2,1-4H3/t8-,9+/m1/s1. The number of aliphatic hydroxyl groups excluding tert-OH is 1. The zero-order chi connectivity index (χ0) is 11.6. The molecule has 0 unspecified atom stereocenters. The minimum absolute atomic E-state index is 0.145. The fraction of sp³-hybridized carbons (Fsp3) is 0.909. The van der Waals surface area contributed by atoms with Gasteiger partial charge in [-0.3, -0.25) is 0 Å². The van der Waals surface area contributed by atoms with E-state index in [0.717, 1.165) is 12.8 Å². The van der Waals surface area contributed by atoms with Crippen LogP contribution in [0.2, 0.25) is 0 Å². The Bertz CT molecular complexity index is 234. The number of rotatable bonds is 0. The predicted octanol–water partition coefficient (Wildman–Crippen LogP) is 1.77. The summed E-state index contributed by atoms with van der Waals surface area (Å²) in [5.74, 6) is 0. The fourth-order valence-corrected chi connectivity index (χ4v) is 1.70. The Morgan fingerprint density at radius 1 is 1.47 bits per heavy atom. The van der Waals surface area contributed by atoms with Crippen LogP contribution in [0.15, 0.2) is 0 Å². The molecule has 15 heavy (non-hydrogen) atoms. The van der Waals surface area contributed by atoms with Gasteiger partial charge in [0.05, 0.1) is 12.1 Å². The van der Waals surface area contributed by atoms with E-state index in [4.69, 9.17) is 4.74 Å². The molecule has 0 aromatic carbocycles. The van der Waals surface area contributed by atoms with E-state index >= 15 is 0 Å². The average Bonchev–Trinajstić information content (AvgIpc) is 2.06. The van der Waals surface area contributed by atoms with Crippen LogP contribution in [0.25, 0.3) is 0 Å². The van der Waals surface area contributed by atoms with Crippen LogP contribution >= 0.6 is 0 Å². The van der Waals surface area contributed by atoms with E-state index in [-0.39, 0.29) is 12.1 Å². The van der Waals surface area contributed by atoms with Gasteiger partial charge in [0.15, 0.2) is 0 Å². The van der Waals surface area contributed by atoms with E-state index in [2.05, 4.69) is 0 Å². The van der Waals surface area contributed by atoms with Crippen molar-refractivity contribution in [3.63, 3.8) is 0 Å². The summed E-state index contributed by atoms with van der Waals surface area (Å²) < 4.78 is 5.27. The number of hydrogen-bond donors (Lipinski definition) is 1. The van der Waals surface area contributed by atoms with Gasteiger partial charge < -0.3 is 14.7 Å². The zero-order valence-corrected chi connectivity index (χ0v) is 9.99. The molecule has 0 aromatic rings. The second kappa shape index (κ2) is 4.39. The molecule has 1 aliphatic rings. The Labute approximate surface area is 91.2 Å². The van der Waals surface area contributed by atoms with Crippen molar-refractivity contribution >= 4 is 6.09 Å². The normalized spacial score (nSPS) is 27.7. The molecule has 0 aromatic heterocycles. The van der Waals surface area contributed by atoms with Crippen LogP contribution in [0, 0.1) is 0 Å². The van der Waals surface area contributed by atoms with Gasteiger partial charge in [0.1, 0.15) is 5.60 Å². The quantitative estimate of drug-likeness (QED) is 0.670. The molecule has 0 radical (unpaired) electrons. The molecular formula is C11H21NO3. The molecule has 1 fully saturated rings. The van der Waals surface area contributed by atoms with E-state index in [9.17, 15) is 9.90 Å². The van der Waals surface area contributed by atoms with E-state index in [1.807, 2.05) is 27.7 Å². The summed E-state index contributed by atoms with van der Waals surface area (Å²) in [6, 6.07) is -0.145. The average molecular weight is 215 g/mol. The first-order valence-corrected chi connectivity index (χ1v) is 5.49. The number of likely N-dealkylation sites (tertiary alicyclic amines) is 1. The SMILES string of the molecule is C[C@@H]1[C@@H](O)CCCN1C(=O)OC(C)(C)C. The molecule has 1 amide bonds. The minimum atomic E-state index is -0.473. The third-order valence-corrected chi connectivity index (χ3v) is 2.58. The van der Waals surface area contributed by atoms with E-state index in [0.29, 0.717) is 6.54 Å². The molecule has 1 saturated heterocycles. The number of ether oxygens (including phenoxy) is 1. The number of amides is 1. The summed E-state index contributed by atoms with van der Waals surface area (Å²) in [7, 11) is 0. The monoisotopic (exact) mass is 215 g/mol. The van der Waals surface area contributed by atoms with Crippen LogP contribution < -0.4 is 0 Å². The molecule has 2 atom stereocenters. The Hall–Kier alpha value is -0.770. The molecule has 0 saturated carbocycles. The van der Waals surface area contributed by atoms with Crippen molar-refractivity contribution in [2.75, 3.05) is 6.54 Å². The van der Waals surface area contributed by atoms with E-state index in [1.165, 1.54) is 0 Å².